The van der Waals surface area contributed by atoms with Gasteiger partial charge in [-0.25, -0.2) is 4.98 Å². The van der Waals surface area contributed by atoms with Crippen LogP contribution in [-0.2, 0) is 0 Å². The van der Waals surface area contributed by atoms with E-state index in [1.54, 1.807) is 24.3 Å². The SMILES string of the molecule is CN(C(=O)c1ccccc1)c1cc([N+](=O)[O-])ccn1. The van der Waals surface area contributed by atoms with Gasteiger partial charge in [-0.1, -0.05) is 18.2 Å². The van der Waals surface area contributed by atoms with Crippen molar-refractivity contribution in [1.82, 2.24) is 4.98 Å². The minimum absolute atomic E-state index is 0.0993. The summed E-state index contributed by atoms with van der Waals surface area (Å²) < 4.78 is 0. The molecule has 0 fully saturated rings. The van der Waals surface area contributed by atoms with Crippen LogP contribution < -0.4 is 4.90 Å². The smallest absolute Gasteiger partial charge is 0.274 e. The van der Waals surface area contributed by atoms with Gasteiger partial charge in [0.25, 0.3) is 11.6 Å². The second kappa shape index (κ2) is 5.26. The van der Waals surface area contributed by atoms with Crippen LogP contribution in [0.5, 0.6) is 0 Å². The first-order valence-electron chi connectivity index (χ1n) is 5.53. The molecule has 2 aromatic rings. The molecule has 0 unspecified atom stereocenters. The van der Waals surface area contributed by atoms with Gasteiger partial charge in [-0.3, -0.25) is 19.8 Å². The fraction of sp³-hybridized carbons (Fsp3) is 0.0769. The molecule has 0 atom stereocenters. The zero-order chi connectivity index (χ0) is 13.8. The number of rotatable bonds is 3. The van der Waals surface area contributed by atoms with Gasteiger partial charge in [-0.2, -0.15) is 0 Å². The van der Waals surface area contributed by atoms with Crippen LogP contribution in [0.1, 0.15) is 10.4 Å². The molecule has 6 heteroatoms. The molecule has 0 radical (unpaired) electrons. The largest absolute Gasteiger partial charge is 0.296 e. The average Bonchev–Trinajstić information content (AvgIpc) is 2.46. The summed E-state index contributed by atoms with van der Waals surface area (Å²) in [5.74, 6) is -0.0309. The molecule has 0 bridgehead atoms. The van der Waals surface area contributed by atoms with E-state index in [4.69, 9.17) is 0 Å². The number of pyridine rings is 1. The van der Waals surface area contributed by atoms with Crippen molar-refractivity contribution in [2.75, 3.05) is 11.9 Å². The zero-order valence-corrected chi connectivity index (χ0v) is 10.2. The van der Waals surface area contributed by atoms with Crippen LogP contribution in [0.3, 0.4) is 0 Å². The van der Waals surface area contributed by atoms with Crippen LogP contribution in [-0.4, -0.2) is 22.9 Å². The van der Waals surface area contributed by atoms with E-state index in [1.807, 2.05) is 6.07 Å². The van der Waals surface area contributed by atoms with E-state index in [0.717, 1.165) is 0 Å². The van der Waals surface area contributed by atoms with E-state index in [0.29, 0.717) is 5.56 Å². The summed E-state index contributed by atoms with van der Waals surface area (Å²) in [4.78, 5) is 27.6. The molecule has 0 saturated heterocycles. The minimum Gasteiger partial charge on any atom is -0.296 e. The molecular formula is C13H11N3O3. The summed E-state index contributed by atoms with van der Waals surface area (Å²) in [5.41, 5.74) is 0.399. The first kappa shape index (κ1) is 12.7. The van der Waals surface area contributed by atoms with E-state index in [2.05, 4.69) is 4.98 Å². The Bertz CT molecular complexity index is 614. The average molecular weight is 257 g/mol. The van der Waals surface area contributed by atoms with Crippen molar-refractivity contribution >= 4 is 17.4 Å². The molecule has 1 aromatic heterocycles. The highest BCUT2D eigenvalue weighted by Gasteiger charge is 2.16. The molecule has 19 heavy (non-hydrogen) atoms. The molecule has 1 heterocycles. The number of amides is 1. The summed E-state index contributed by atoms with van der Waals surface area (Å²) in [7, 11) is 1.53. The topological polar surface area (TPSA) is 76.3 Å². The lowest BCUT2D eigenvalue weighted by Crippen LogP contribution is -2.27. The summed E-state index contributed by atoms with van der Waals surface area (Å²) in [6.07, 6.45) is 1.31. The highest BCUT2D eigenvalue weighted by molar-refractivity contribution is 6.05. The summed E-state index contributed by atoms with van der Waals surface area (Å²) >= 11 is 0. The van der Waals surface area contributed by atoms with Gasteiger partial charge in [0.2, 0.25) is 0 Å². The van der Waals surface area contributed by atoms with Gasteiger partial charge in [0.05, 0.1) is 11.0 Å². The third kappa shape index (κ3) is 2.74. The molecule has 0 spiro atoms. The maximum atomic E-state index is 12.1. The minimum atomic E-state index is -0.522. The van der Waals surface area contributed by atoms with Crippen LogP contribution in [0.25, 0.3) is 0 Å². The van der Waals surface area contributed by atoms with Crippen LogP contribution in [0.4, 0.5) is 11.5 Å². The fourth-order valence-corrected chi connectivity index (χ4v) is 1.58. The van der Waals surface area contributed by atoms with Gasteiger partial charge in [0.15, 0.2) is 0 Å². The molecule has 0 aliphatic carbocycles. The van der Waals surface area contributed by atoms with Crippen LogP contribution in [0, 0.1) is 10.1 Å². The number of anilines is 1. The molecular weight excluding hydrogens is 246 g/mol. The molecule has 1 amide bonds. The monoisotopic (exact) mass is 257 g/mol. The van der Waals surface area contributed by atoms with Crippen molar-refractivity contribution in [3.63, 3.8) is 0 Å². The number of carbonyl (C=O) groups excluding carboxylic acids is 1. The Morgan fingerprint density at radius 2 is 1.95 bits per heavy atom. The molecule has 2 rings (SSSR count). The Morgan fingerprint density at radius 3 is 2.58 bits per heavy atom. The number of benzene rings is 1. The normalized spacial score (nSPS) is 9.95. The first-order chi connectivity index (χ1) is 9.09. The van der Waals surface area contributed by atoms with E-state index in [1.165, 1.54) is 30.3 Å². The first-order valence-corrected chi connectivity index (χ1v) is 5.53. The van der Waals surface area contributed by atoms with E-state index in [9.17, 15) is 14.9 Å². The molecule has 1 aromatic carbocycles. The van der Waals surface area contributed by atoms with Gasteiger partial charge in [0.1, 0.15) is 5.82 Å². The fourth-order valence-electron chi connectivity index (χ4n) is 1.58. The van der Waals surface area contributed by atoms with E-state index < -0.39 is 4.92 Å². The maximum absolute atomic E-state index is 12.1. The Hall–Kier alpha value is -2.76. The van der Waals surface area contributed by atoms with Crippen molar-refractivity contribution in [3.8, 4) is 0 Å². The lowest BCUT2D eigenvalue weighted by atomic mass is 10.2. The lowest BCUT2D eigenvalue weighted by molar-refractivity contribution is -0.384. The van der Waals surface area contributed by atoms with Gasteiger partial charge >= 0.3 is 0 Å². The van der Waals surface area contributed by atoms with Crippen molar-refractivity contribution in [1.29, 1.82) is 0 Å². The molecule has 0 saturated carbocycles. The van der Waals surface area contributed by atoms with Crippen LogP contribution in [0.15, 0.2) is 48.7 Å². The third-order valence-corrected chi connectivity index (χ3v) is 2.61. The second-order valence-electron chi connectivity index (χ2n) is 3.86. The Labute approximate surface area is 109 Å². The quantitative estimate of drug-likeness (QED) is 0.624. The number of hydrogen-bond donors (Lipinski definition) is 0. The summed E-state index contributed by atoms with van der Waals surface area (Å²) in [6, 6.07) is 11.2. The van der Waals surface area contributed by atoms with E-state index >= 15 is 0 Å². The molecule has 96 valence electrons. The van der Waals surface area contributed by atoms with Gasteiger partial charge in [0, 0.05) is 24.9 Å². The summed E-state index contributed by atoms with van der Waals surface area (Å²) in [6.45, 7) is 0. The van der Waals surface area contributed by atoms with E-state index in [-0.39, 0.29) is 17.4 Å². The Kier molecular flexibility index (Phi) is 3.51. The van der Waals surface area contributed by atoms with Crippen LogP contribution >= 0.6 is 0 Å². The highest BCUT2D eigenvalue weighted by Crippen LogP contribution is 2.18. The summed E-state index contributed by atoms with van der Waals surface area (Å²) in [5, 5.41) is 10.7. The van der Waals surface area contributed by atoms with Crippen molar-refractivity contribution in [3.05, 3.63) is 64.3 Å². The second-order valence-corrected chi connectivity index (χ2v) is 3.86. The lowest BCUT2D eigenvalue weighted by Gasteiger charge is -2.15. The van der Waals surface area contributed by atoms with Gasteiger partial charge < -0.3 is 0 Å². The predicted octanol–water partition coefficient (Wildman–Crippen LogP) is 2.27. The molecule has 0 aliphatic heterocycles. The number of nitro groups is 1. The van der Waals surface area contributed by atoms with Gasteiger partial charge in [-0.15, -0.1) is 0 Å². The van der Waals surface area contributed by atoms with Crippen molar-refractivity contribution in [2.24, 2.45) is 0 Å². The number of nitrogens with zero attached hydrogens (tertiary/aromatic N) is 3. The number of hydrogen-bond acceptors (Lipinski definition) is 4. The highest BCUT2D eigenvalue weighted by atomic mass is 16.6. The third-order valence-electron chi connectivity index (χ3n) is 2.61. The standard InChI is InChI=1S/C13H11N3O3/c1-15(13(17)10-5-3-2-4-6-10)12-9-11(16(18)19)7-8-14-12/h2-9H,1H3. The van der Waals surface area contributed by atoms with Crippen molar-refractivity contribution < 1.29 is 9.72 Å². The maximum Gasteiger partial charge on any atom is 0.274 e. The Balaban J connectivity index is 2.29. The van der Waals surface area contributed by atoms with Crippen LogP contribution in [0.2, 0.25) is 0 Å². The zero-order valence-electron chi connectivity index (χ0n) is 10.2. The number of aromatic nitrogens is 1. The molecule has 6 nitrogen and oxygen atoms in total. The Morgan fingerprint density at radius 1 is 1.26 bits per heavy atom. The predicted molar refractivity (Wildman–Crippen MR) is 70.1 cm³/mol. The van der Waals surface area contributed by atoms with Crippen molar-refractivity contribution in [2.45, 2.75) is 0 Å². The van der Waals surface area contributed by atoms with Gasteiger partial charge in [-0.05, 0) is 12.1 Å². The number of carbonyl (C=O) groups is 1. The molecule has 0 N–H and O–H groups in total. The molecule has 0 aliphatic rings.